The Balaban J connectivity index is 1.67. The van der Waals surface area contributed by atoms with Gasteiger partial charge in [0.2, 0.25) is 6.79 Å². The van der Waals surface area contributed by atoms with Gasteiger partial charge in [0.25, 0.3) is 5.56 Å². The molecule has 0 bridgehead atoms. The van der Waals surface area contributed by atoms with E-state index >= 15 is 0 Å². The summed E-state index contributed by atoms with van der Waals surface area (Å²) in [6, 6.07) is 8.35. The first-order valence-electron chi connectivity index (χ1n) is 12.1. The van der Waals surface area contributed by atoms with E-state index in [1.165, 1.54) is 15.9 Å². The van der Waals surface area contributed by atoms with Crippen LogP contribution in [0.3, 0.4) is 0 Å². The molecule has 3 heterocycles. The molecule has 3 aromatic rings. The largest absolute Gasteiger partial charge is 0.493 e. The fourth-order valence-electron chi connectivity index (χ4n) is 4.45. The number of allylic oxidation sites excluding steroid dienone is 1. The molecule has 2 aromatic carbocycles. The molecule has 202 valence electrons. The van der Waals surface area contributed by atoms with Gasteiger partial charge in [0.15, 0.2) is 27.8 Å². The van der Waals surface area contributed by atoms with Gasteiger partial charge in [0, 0.05) is 0 Å². The van der Waals surface area contributed by atoms with Crippen molar-refractivity contribution in [2.45, 2.75) is 19.9 Å². The van der Waals surface area contributed by atoms with Crippen molar-refractivity contribution in [3.63, 3.8) is 0 Å². The molecule has 0 N–H and O–H groups in total. The van der Waals surface area contributed by atoms with E-state index in [9.17, 15) is 9.59 Å². The Kier molecular flexibility index (Phi) is 7.80. The summed E-state index contributed by atoms with van der Waals surface area (Å²) in [7, 11) is 1.56. The van der Waals surface area contributed by atoms with Crippen LogP contribution in [0, 0.1) is 3.57 Å². The van der Waals surface area contributed by atoms with Crippen LogP contribution >= 0.6 is 33.9 Å². The molecule has 0 amide bonds. The predicted octanol–water partition coefficient (Wildman–Crippen LogP) is 3.71. The Hall–Kier alpha value is -3.58. The normalized spacial score (nSPS) is 16.0. The van der Waals surface area contributed by atoms with Gasteiger partial charge in [-0.15, -0.1) is 0 Å². The van der Waals surface area contributed by atoms with Crippen LogP contribution in [0.4, 0.5) is 0 Å². The summed E-state index contributed by atoms with van der Waals surface area (Å²) in [5.74, 6) is 1.78. The lowest BCUT2D eigenvalue weighted by Gasteiger charge is -2.24. The molecule has 0 unspecified atom stereocenters. The molecule has 9 nitrogen and oxygen atoms in total. The van der Waals surface area contributed by atoms with Gasteiger partial charge in [-0.1, -0.05) is 30.1 Å². The molecule has 11 heteroatoms. The first kappa shape index (κ1) is 27.0. The summed E-state index contributed by atoms with van der Waals surface area (Å²) >= 11 is 3.42. The minimum Gasteiger partial charge on any atom is -0.493 e. The highest BCUT2D eigenvalue weighted by Gasteiger charge is 2.34. The number of rotatable bonds is 8. The monoisotopic (exact) mass is 660 g/mol. The lowest BCUT2D eigenvalue weighted by atomic mass is 9.95. The third-order valence-corrected chi connectivity index (χ3v) is 7.91. The van der Waals surface area contributed by atoms with Crippen LogP contribution in [0.15, 0.2) is 64.0 Å². The molecule has 0 saturated carbocycles. The number of ether oxygens (including phenoxy) is 5. The summed E-state index contributed by atoms with van der Waals surface area (Å²) < 4.78 is 30.5. The quantitative estimate of drug-likeness (QED) is 0.207. The zero-order valence-electron chi connectivity index (χ0n) is 21.5. The number of nitrogens with zero attached hydrogens (tertiary/aromatic N) is 2. The van der Waals surface area contributed by atoms with Crippen LogP contribution in [-0.2, 0) is 9.53 Å². The molecule has 0 aliphatic carbocycles. The van der Waals surface area contributed by atoms with Crippen molar-refractivity contribution in [3.8, 4) is 23.0 Å². The van der Waals surface area contributed by atoms with Crippen LogP contribution in [0.5, 0.6) is 23.0 Å². The maximum atomic E-state index is 13.9. The standard InChI is InChI=1S/C28H25IN2O7S/c1-5-9-36-25-18(29)10-16(11-21(25)34-4)12-22-26(32)31-24(17-7-8-19-20(13-17)38-14-37-19)23(27(33)35-6-2)15(3)30-28(31)39-22/h5,7-8,10-13,24H,1,6,9,14H2,2-4H3/b22-12+/t24-/m0/s1. The topological polar surface area (TPSA) is 97.6 Å². The predicted molar refractivity (Wildman–Crippen MR) is 154 cm³/mol. The summed E-state index contributed by atoms with van der Waals surface area (Å²) in [4.78, 5) is 32.1. The van der Waals surface area contributed by atoms with Gasteiger partial charge in [-0.25, -0.2) is 9.79 Å². The van der Waals surface area contributed by atoms with Gasteiger partial charge >= 0.3 is 5.97 Å². The average molecular weight is 660 g/mol. The lowest BCUT2D eigenvalue weighted by Crippen LogP contribution is -2.39. The Morgan fingerprint density at radius 3 is 2.82 bits per heavy atom. The smallest absolute Gasteiger partial charge is 0.338 e. The molecule has 1 atom stereocenters. The lowest BCUT2D eigenvalue weighted by molar-refractivity contribution is -0.139. The molecular weight excluding hydrogens is 635 g/mol. The van der Waals surface area contributed by atoms with Gasteiger partial charge < -0.3 is 23.7 Å². The van der Waals surface area contributed by atoms with Crippen LogP contribution in [0.25, 0.3) is 6.08 Å². The molecule has 2 aliphatic heterocycles. The Morgan fingerprint density at radius 2 is 2.08 bits per heavy atom. The van der Waals surface area contributed by atoms with Crippen molar-refractivity contribution in [1.82, 2.24) is 4.57 Å². The number of benzene rings is 2. The van der Waals surface area contributed by atoms with Gasteiger partial charge in [-0.2, -0.15) is 0 Å². The summed E-state index contributed by atoms with van der Waals surface area (Å²) in [5, 5.41) is 0. The Morgan fingerprint density at radius 1 is 1.28 bits per heavy atom. The molecule has 0 fully saturated rings. The van der Waals surface area contributed by atoms with Crippen LogP contribution < -0.4 is 33.8 Å². The zero-order chi connectivity index (χ0) is 27.7. The number of hydrogen-bond donors (Lipinski definition) is 0. The third kappa shape index (κ3) is 5.08. The van der Waals surface area contributed by atoms with Crippen molar-refractivity contribution in [2.24, 2.45) is 4.99 Å². The van der Waals surface area contributed by atoms with Crippen molar-refractivity contribution in [1.29, 1.82) is 0 Å². The second-order valence-corrected chi connectivity index (χ2v) is 10.7. The zero-order valence-corrected chi connectivity index (χ0v) is 24.5. The van der Waals surface area contributed by atoms with Gasteiger partial charge in [-0.05, 0) is 77.9 Å². The minimum atomic E-state index is -0.749. The number of fused-ring (bicyclic) bond motifs is 2. The SMILES string of the molecule is C=CCOc1c(I)cc(/C=c2/sc3n(c2=O)[C@@H](c2ccc4c(c2)OCO4)C(C(=O)OCC)=C(C)N=3)cc1OC. The second-order valence-electron chi connectivity index (χ2n) is 8.55. The van der Waals surface area contributed by atoms with Crippen molar-refractivity contribution in [3.05, 3.63) is 88.6 Å². The number of aromatic nitrogens is 1. The molecule has 0 radical (unpaired) electrons. The fraction of sp³-hybridized carbons (Fsp3) is 0.250. The van der Waals surface area contributed by atoms with E-state index in [-0.39, 0.29) is 19.0 Å². The summed E-state index contributed by atoms with van der Waals surface area (Å²) in [6.07, 6.45) is 3.44. The van der Waals surface area contributed by atoms with Crippen molar-refractivity contribution in [2.75, 3.05) is 27.1 Å². The number of halogens is 1. The first-order valence-corrected chi connectivity index (χ1v) is 14.0. The first-order chi connectivity index (χ1) is 18.9. The van der Waals surface area contributed by atoms with Gasteiger partial charge in [0.05, 0.1) is 39.1 Å². The maximum Gasteiger partial charge on any atom is 0.338 e. The van der Waals surface area contributed by atoms with E-state index in [2.05, 4.69) is 34.2 Å². The highest BCUT2D eigenvalue weighted by atomic mass is 127. The Bertz CT molecular complexity index is 1690. The number of carbonyl (C=O) groups is 1. The van der Waals surface area contributed by atoms with E-state index in [1.54, 1.807) is 45.2 Å². The molecule has 0 spiro atoms. The maximum absolute atomic E-state index is 13.9. The summed E-state index contributed by atoms with van der Waals surface area (Å²) in [6.45, 7) is 7.82. The van der Waals surface area contributed by atoms with E-state index in [0.717, 1.165) is 9.13 Å². The Labute approximate surface area is 241 Å². The molecule has 5 rings (SSSR count). The highest BCUT2D eigenvalue weighted by molar-refractivity contribution is 14.1. The second kappa shape index (κ2) is 11.3. The third-order valence-electron chi connectivity index (χ3n) is 6.12. The minimum absolute atomic E-state index is 0.112. The van der Waals surface area contributed by atoms with Crippen LogP contribution in [0.1, 0.15) is 31.0 Å². The fourth-order valence-corrected chi connectivity index (χ4v) is 6.27. The van der Waals surface area contributed by atoms with Gasteiger partial charge in [-0.3, -0.25) is 9.36 Å². The number of thiazole rings is 1. The van der Waals surface area contributed by atoms with E-state index in [1.807, 2.05) is 18.2 Å². The number of esters is 1. The van der Waals surface area contributed by atoms with Crippen LogP contribution in [0.2, 0.25) is 0 Å². The van der Waals surface area contributed by atoms with Crippen molar-refractivity contribution >= 4 is 46.0 Å². The number of carbonyl (C=O) groups excluding carboxylic acids is 1. The summed E-state index contributed by atoms with van der Waals surface area (Å²) in [5.41, 5.74) is 1.95. The molecule has 2 aliphatic rings. The average Bonchev–Trinajstić information content (AvgIpc) is 3.50. The molecule has 0 saturated heterocycles. The molecule has 1 aromatic heterocycles. The van der Waals surface area contributed by atoms with Gasteiger partial charge in [0.1, 0.15) is 6.61 Å². The van der Waals surface area contributed by atoms with E-state index in [0.29, 0.717) is 55.8 Å². The molecule has 39 heavy (non-hydrogen) atoms. The van der Waals surface area contributed by atoms with E-state index < -0.39 is 12.0 Å². The van der Waals surface area contributed by atoms with Crippen molar-refractivity contribution < 1.29 is 28.5 Å². The van der Waals surface area contributed by atoms with Crippen LogP contribution in [-0.4, -0.2) is 37.7 Å². The highest BCUT2D eigenvalue weighted by Crippen LogP contribution is 2.38. The number of methoxy groups -OCH3 is 1. The van der Waals surface area contributed by atoms with E-state index in [4.69, 9.17) is 23.7 Å². The number of hydrogen-bond acceptors (Lipinski definition) is 9. The molecular formula is C28H25IN2O7S.